The fraction of sp³-hybridized carbons (Fsp3) is 0.211. The van der Waals surface area contributed by atoms with Gasteiger partial charge in [0.1, 0.15) is 16.7 Å². The number of aromatic nitrogens is 2. The Morgan fingerprint density at radius 3 is 2.72 bits per heavy atom. The summed E-state index contributed by atoms with van der Waals surface area (Å²) in [6, 6.07) is 13.6. The molecule has 128 valence electrons. The highest BCUT2D eigenvalue weighted by Crippen LogP contribution is 2.27. The number of carbonyl (C=O) groups is 1. The molecule has 25 heavy (non-hydrogen) atoms. The largest absolute Gasteiger partial charge is 0.325 e. The van der Waals surface area contributed by atoms with E-state index in [2.05, 4.69) is 15.3 Å². The van der Waals surface area contributed by atoms with Gasteiger partial charge in [-0.1, -0.05) is 49.9 Å². The Morgan fingerprint density at radius 2 is 1.96 bits per heavy atom. The van der Waals surface area contributed by atoms with E-state index in [1.54, 1.807) is 12.1 Å². The van der Waals surface area contributed by atoms with Gasteiger partial charge in [0.25, 0.3) is 0 Å². The van der Waals surface area contributed by atoms with Crippen LogP contribution in [0.4, 0.5) is 10.1 Å². The number of rotatable bonds is 5. The zero-order valence-electron chi connectivity index (χ0n) is 14.0. The highest BCUT2D eigenvalue weighted by molar-refractivity contribution is 8.00. The molecule has 2 aromatic carbocycles. The number of anilines is 1. The third kappa shape index (κ3) is 4.33. The SMILES string of the molecule is CC(C)c1nc(SCC(=O)Nc2cccc(F)c2)c2ccccc2n1. The molecule has 0 unspecified atom stereocenters. The lowest BCUT2D eigenvalue weighted by Crippen LogP contribution is -2.14. The van der Waals surface area contributed by atoms with Crippen molar-refractivity contribution in [1.29, 1.82) is 0 Å². The number of thioether (sulfide) groups is 1. The minimum Gasteiger partial charge on any atom is -0.325 e. The number of nitrogens with one attached hydrogen (secondary N) is 1. The van der Waals surface area contributed by atoms with E-state index in [1.165, 1.54) is 23.9 Å². The van der Waals surface area contributed by atoms with Gasteiger partial charge in [0.05, 0.1) is 11.3 Å². The van der Waals surface area contributed by atoms with Crippen LogP contribution in [0.5, 0.6) is 0 Å². The van der Waals surface area contributed by atoms with Crippen LogP contribution in [0.2, 0.25) is 0 Å². The van der Waals surface area contributed by atoms with Gasteiger partial charge in [-0.15, -0.1) is 0 Å². The predicted octanol–water partition coefficient (Wildman–Crippen LogP) is 4.62. The molecule has 1 aromatic heterocycles. The van der Waals surface area contributed by atoms with E-state index in [9.17, 15) is 9.18 Å². The highest BCUT2D eigenvalue weighted by Gasteiger charge is 2.12. The number of hydrogen-bond donors (Lipinski definition) is 1. The molecular formula is C19H18FN3OS. The maximum absolute atomic E-state index is 13.2. The maximum Gasteiger partial charge on any atom is 0.234 e. The topological polar surface area (TPSA) is 54.9 Å². The van der Waals surface area contributed by atoms with Crippen LogP contribution >= 0.6 is 11.8 Å². The molecule has 0 aliphatic carbocycles. The number of benzene rings is 2. The fourth-order valence-corrected chi connectivity index (χ4v) is 3.16. The Bertz CT molecular complexity index is 914. The van der Waals surface area contributed by atoms with E-state index in [-0.39, 0.29) is 23.4 Å². The van der Waals surface area contributed by atoms with Gasteiger partial charge in [-0.05, 0) is 24.3 Å². The highest BCUT2D eigenvalue weighted by atomic mass is 32.2. The van der Waals surface area contributed by atoms with Crippen molar-refractivity contribution in [3.8, 4) is 0 Å². The van der Waals surface area contributed by atoms with E-state index >= 15 is 0 Å². The lowest BCUT2D eigenvalue weighted by molar-refractivity contribution is -0.113. The average Bonchev–Trinajstić information content (AvgIpc) is 2.59. The Hall–Kier alpha value is -2.47. The molecule has 0 aliphatic heterocycles. The molecule has 0 saturated carbocycles. The van der Waals surface area contributed by atoms with E-state index in [0.717, 1.165) is 21.8 Å². The average molecular weight is 355 g/mol. The molecule has 1 heterocycles. The minimum absolute atomic E-state index is 0.190. The van der Waals surface area contributed by atoms with Crippen molar-refractivity contribution >= 4 is 34.3 Å². The quantitative estimate of drug-likeness (QED) is 0.536. The molecule has 0 bridgehead atoms. The van der Waals surface area contributed by atoms with E-state index < -0.39 is 0 Å². The van der Waals surface area contributed by atoms with Gasteiger partial charge >= 0.3 is 0 Å². The number of hydrogen-bond acceptors (Lipinski definition) is 4. The predicted molar refractivity (Wildman–Crippen MR) is 99.4 cm³/mol. The summed E-state index contributed by atoms with van der Waals surface area (Å²) in [7, 11) is 0. The summed E-state index contributed by atoms with van der Waals surface area (Å²) in [4.78, 5) is 21.3. The van der Waals surface area contributed by atoms with E-state index in [0.29, 0.717) is 5.69 Å². The van der Waals surface area contributed by atoms with Gasteiger partial charge < -0.3 is 5.32 Å². The van der Waals surface area contributed by atoms with E-state index in [4.69, 9.17) is 0 Å². The number of nitrogens with zero attached hydrogens (tertiary/aromatic N) is 2. The molecule has 0 atom stereocenters. The van der Waals surface area contributed by atoms with Crippen molar-refractivity contribution < 1.29 is 9.18 Å². The number of carbonyl (C=O) groups excluding carboxylic acids is 1. The monoisotopic (exact) mass is 355 g/mol. The lowest BCUT2D eigenvalue weighted by Gasteiger charge is -2.10. The maximum atomic E-state index is 13.2. The van der Waals surface area contributed by atoms with Crippen molar-refractivity contribution in [3.05, 3.63) is 60.2 Å². The Kier molecular flexibility index (Phi) is 5.28. The first-order valence-corrected chi connectivity index (χ1v) is 8.96. The van der Waals surface area contributed by atoms with Crippen molar-refractivity contribution in [2.45, 2.75) is 24.8 Å². The van der Waals surface area contributed by atoms with Crippen LogP contribution in [0, 0.1) is 5.82 Å². The van der Waals surface area contributed by atoms with Crippen molar-refractivity contribution in [1.82, 2.24) is 9.97 Å². The molecular weight excluding hydrogens is 337 g/mol. The normalized spacial score (nSPS) is 11.0. The van der Waals surface area contributed by atoms with E-state index in [1.807, 2.05) is 38.1 Å². The molecule has 6 heteroatoms. The van der Waals surface area contributed by atoms with Crippen molar-refractivity contribution in [2.24, 2.45) is 0 Å². The second-order valence-corrected chi connectivity index (χ2v) is 6.87. The summed E-state index contributed by atoms with van der Waals surface area (Å²) in [5.74, 6) is 0.560. The van der Waals surface area contributed by atoms with Crippen LogP contribution in [-0.4, -0.2) is 21.6 Å². The summed E-state index contributed by atoms with van der Waals surface area (Å²) in [5.41, 5.74) is 1.32. The number of para-hydroxylation sites is 1. The molecule has 3 aromatic rings. The number of fused-ring (bicyclic) bond motifs is 1. The molecule has 0 saturated heterocycles. The van der Waals surface area contributed by atoms with Crippen LogP contribution in [0.3, 0.4) is 0 Å². The van der Waals surface area contributed by atoms with Crippen LogP contribution in [-0.2, 0) is 4.79 Å². The zero-order chi connectivity index (χ0) is 17.8. The van der Waals surface area contributed by atoms with Gasteiger partial charge in [-0.3, -0.25) is 4.79 Å². The van der Waals surface area contributed by atoms with Gasteiger partial charge in [0.15, 0.2) is 0 Å². The second kappa shape index (κ2) is 7.61. The summed E-state index contributed by atoms with van der Waals surface area (Å²) >= 11 is 1.36. The molecule has 0 spiro atoms. The first-order valence-electron chi connectivity index (χ1n) is 7.98. The summed E-state index contributed by atoms with van der Waals surface area (Å²) in [6.45, 7) is 4.07. The minimum atomic E-state index is -0.381. The summed E-state index contributed by atoms with van der Waals surface area (Å²) in [5, 5.41) is 4.40. The molecule has 0 radical (unpaired) electrons. The Morgan fingerprint density at radius 1 is 1.16 bits per heavy atom. The van der Waals surface area contributed by atoms with Crippen LogP contribution in [0.15, 0.2) is 53.6 Å². The van der Waals surface area contributed by atoms with Crippen LogP contribution < -0.4 is 5.32 Å². The summed E-state index contributed by atoms with van der Waals surface area (Å²) in [6.07, 6.45) is 0. The fourth-order valence-electron chi connectivity index (χ4n) is 2.33. The molecule has 4 nitrogen and oxygen atoms in total. The molecule has 3 rings (SSSR count). The zero-order valence-corrected chi connectivity index (χ0v) is 14.8. The third-order valence-electron chi connectivity index (χ3n) is 3.55. The first kappa shape index (κ1) is 17.4. The van der Waals surface area contributed by atoms with Gasteiger partial charge in [-0.25, -0.2) is 14.4 Å². The lowest BCUT2D eigenvalue weighted by atomic mass is 10.2. The third-order valence-corrected chi connectivity index (χ3v) is 4.54. The molecule has 1 amide bonds. The van der Waals surface area contributed by atoms with Crippen LogP contribution in [0.25, 0.3) is 10.9 Å². The number of halogens is 1. The van der Waals surface area contributed by atoms with Crippen molar-refractivity contribution in [3.63, 3.8) is 0 Å². The standard InChI is InChI=1S/C19H18FN3OS/c1-12(2)18-22-16-9-4-3-8-15(16)19(23-18)25-11-17(24)21-14-7-5-6-13(20)10-14/h3-10,12H,11H2,1-2H3,(H,21,24). The first-order chi connectivity index (χ1) is 12.0. The van der Waals surface area contributed by atoms with Gasteiger partial charge in [0, 0.05) is 17.0 Å². The van der Waals surface area contributed by atoms with Crippen LogP contribution in [0.1, 0.15) is 25.6 Å². The molecule has 0 aliphatic rings. The van der Waals surface area contributed by atoms with Crippen molar-refractivity contribution in [2.75, 3.05) is 11.1 Å². The Balaban J connectivity index is 1.77. The van der Waals surface area contributed by atoms with Gasteiger partial charge in [0.2, 0.25) is 5.91 Å². The smallest absolute Gasteiger partial charge is 0.234 e. The number of amides is 1. The molecule has 1 N–H and O–H groups in total. The van der Waals surface area contributed by atoms with Gasteiger partial charge in [-0.2, -0.15) is 0 Å². The second-order valence-electron chi connectivity index (χ2n) is 5.91. The summed E-state index contributed by atoms with van der Waals surface area (Å²) < 4.78 is 13.2. The Labute approximate surface area is 149 Å². The molecule has 0 fully saturated rings.